The quantitative estimate of drug-likeness (QED) is 0.837. The summed E-state index contributed by atoms with van der Waals surface area (Å²) < 4.78 is 13.4. The molecule has 6 heteroatoms. The molecule has 0 bridgehead atoms. The van der Waals surface area contributed by atoms with Crippen LogP contribution in [0.3, 0.4) is 0 Å². The summed E-state index contributed by atoms with van der Waals surface area (Å²) in [5, 5.41) is 5.32. The number of hydrogen-bond donors (Lipinski definition) is 2. The van der Waals surface area contributed by atoms with Gasteiger partial charge in [0, 0.05) is 5.69 Å². The number of hydrogen-bond acceptors (Lipinski definition) is 3. The lowest BCUT2D eigenvalue weighted by Gasteiger charge is -2.09. The van der Waals surface area contributed by atoms with Crippen molar-refractivity contribution in [2.24, 2.45) is 0 Å². The largest absolute Gasteiger partial charge is 0.325 e. The van der Waals surface area contributed by atoms with Gasteiger partial charge in [-0.3, -0.25) is 9.59 Å². The van der Waals surface area contributed by atoms with Crippen LogP contribution < -0.4 is 10.6 Å². The number of amides is 2. The number of aryl methyl sites for hydroxylation is 2. The summed E-state index contributed by atoms with van der Waals surface area (Å²) >= 11 is 1.18. The number of anilines is 2. The number of benzene rings is 2. The number of halogens is 1. The second kappa shape index (κ2) is 8.49. The van der Waals surface area contributed by atoms with E-state index >= 15 is 0 Å². The van der Waals surface area contributed by atoms with E-state index in [1.54, 1.807) is 12.1 Å². The van der Waals surface area contributed by atoms with Crippen molar-refractivity contribution in [1.29, 1.82) is 0 Å². The van der Waals surface area contributed by atoms with Gasteiger partial charge < -0.3 is 10.6 Å². The molecule has 0 aliphatic rings. The van der Waals surface area contributed by atoms with Crippen molar-refractivity contribution in [3.05, 3.63) is 59.4 Å². The molecule has 0 unspecified atom stereocenters. The van der Waals surface area contributed by atoms with Crippen LogP contribution in [0.4, 0.5) is 15.8 Å². The molecule has 0 radical (unpaired) electrons. The van der Waals surface area contributed by atoms with E-state index in [-0.39, 0.29) is 29.0 Å². The zero-order chi connectivity index (χ0) is 17.5. The van der Waals surface area contributed by atoms with Crippen molar-refractivity contribution in [1.82, 2.24) is 0 Å². The number of thioether (sulfide) groups is 1. The van der Waals surface area contributed by atoms with E-state index in [2.05, 4.69) is 10.6 Å². The van der Waals surface area contributed by atoms with E-state index in [4.69, 9.17) is 0 Å². The molecule has 0 saturated heterocycles. The van der Waals surface area contributed by atoms with Gasteiger partial charge in [0.05, 0.1) is 17.2 Å². The van der Waals surface area contributed by atoms with Gasteiger partial charge in [0.2, 0.25) is 11.8 Å². The average Bonchev–Trinajstić information content (AvgIpc) is 2.53. The van der Waals surface area contributed by atoms with Gasteiger partial charge in [0.25, 0.3) is 0 Å². The molecule has 2 N–H and O–H groups in total. The Balaban J connectivity index is 1.77. The van der Waals surface area contributed by atoms with Crippen molar-refractivity contribution in [3.8, 4) is 0 Å². The smallest absolute Gasteiger partial charge is 0.234 e. The van der Waals surface area contributed by atoms with Gasteiger partial charge in [0.15, 0.2) is 0 Å². The van der Waals surface area contributed by atoms with Gasteiger partial charge in [0.1, 0.15) is 5.82 Å². The lowest BCUT2D eigenvalue weighted by molar-refractivity contribution is -0.114. The predicted molar refractivity (Wildman–Crippen MR) is 96.9 cm³/mol. The van der Waals surface area contributed by atoms with Crippen LogP contribution in [0.15, 0.2) is 42.5 Å². The Kier molecular flexibility index (Phi) is 6.37. The van der Waals surface area contributed by atoms with Crippen LogP contribution in [-0.4, -0.2) is 23.3 Å². The minimum Gasteiger partial charge on any atom is -0.325 e. The molecule has 2 rings (SSSR count). The molecule has 2 amide bonds. The zero-order valence-corrected chi connectivity index (χ0v) is 14.4. The summed E-state index contributed by atoms with van der Waals surface area (Å²) in [5.74, 6) is -0.771. The maximum absolute atomic E-state index is 13.4. The van der Waals surface area contributed by atoms with E-state index < -0.39 is 5.82 Å². The molecule has 126 valence electrons. The summed E-state index contributed by atoms with van der Waals surface area (Å²) in [4.78, 5) is 23.7. The molecule has 0 aliphatic carbocycles. The molecule has 24 heavy (non-hydrogen) atoms. The Labute approximate surface area is 144 Å². The van der Waals surface area contributed by atoms with Crippen LogP contribution >= 0.6 is 11.8 Å². The average molecular weight is 346 g/mol. The highest BCUT2D eigenvalue weighted by atomic mass is 32.2. The van der Waals surface area contributed by atoms with Crippen molar-refractivity contribution in [2.45, 2.75) is 13.8 Å². The molecule has 2 aromatic rings. The number of carbonyl (C=O) groups excluding carboxylic acids is 2. The first-order valence-electron chi connectivity index (χ1n) is 7.45. The van der Waals surface area contributed by atoms with E-state index in [0.717, 1.165) is 16.8 Å². The van der Waals surface area contributed by atoms with E-state index in [0.29, 0.717) is 0 Å². The van der Waals surface area contributed by atoms with Crippen LogP contribution in [-0.2, 0) is 9.59 Å². The number of carbonyl (C=O) groups is 2. The summed E-state index contributed by atoms with van der Waals surface area (Å²) in [6.07, 6.45) is 0. The van der Waals surface area contributed by atoms with Crippen molar-refractivity contribution in [2.75, 3.05) is 22.1 Å². The lowest BCUT2D eigenvalue weighted by atomic mass is 10.1. The third-order valence-electron chi connectivity index (χ3n) is 3.28. The van der Waals surface area contributed by atoms with Gasteiger partial charge in [-0.25, -0.2) is 4.39 Å². The standard InChI is InChI=1S/C18H19FN2O2S/c1-12-7-8-13(2)16(9-12)21-18(23)11-24-10-17(22)20-15-6-4-3-5-14(15)19/h3-9H,10-11H2,1-2H3,(H,20,22)(H,21,23). The lowest BCUT2D eigenvalue weighted by Crippen LogP contribution is -2.19. The highest BCUT2D eigenvalue weighted by Crippen LogP contribution is 2.17. The summed E-state index contributed by atoms with van der Waals surface area (Å²) in [6.45, 7) is 3.88. The van der Waals surface area contributed by atoms with Crippen molar-refractivity contribution >= 4 is 35.0 Å². The van der Waals surface area contributed by atoms with E-state index in [1.807, 2.05) is 32.0 Å². The minimum absolute atomic E-state index is 0.0779. The number of para-hydroxylation sites is 1. The van der Waals surface area contributed by atoms with Gasteiger partial charge in [-0.15, -0.1) is 11.8 Å². The van der Waals surface area contributed by atoms with E-state index in [9.17, 15) is 14.0 Å². The molecule has 0 atom stereocenters. The molecule has 0 aromatic heterocycles. The first-order chi connectivity index (χ1) is 11.5. The Morgan fingerprint density at radius 1 is 0.958 bits per heavy atom. The summed E-state index contributed by atoms with van der Waals surface area (Å²) in [6, 6.07) is 11.8. The molecule has 4 nitrogen and oxygen atoms in total. The minimum atomic E-state index is -0.483. The van der Waals surface area contributed by atoms with Crippen LogP contribution in [0, 0.1) is 19.7 Å². The second-order valence-corrected chi connectivity index (χ2v) is 6.37. The topological polar surface area (TPSA) is 58.2 Å². The number of rotatable bonds is 6. The molecular formula is C18H19FN2O2S. The molecule has 0 heterocycles. The Bertz CT molecular complexity index is 750. The highest BCUT2D eigenvalue weighted by molar-refractivity contribution is 8.00. The fraction of sp³-hybridized carbons (Fsp3) is 0.222. The normalized spacial score (nSPS) is 10.3. The second-order valence-electron chi connectivity index (χ2n) is 5.39. The molecule has 0 spiro atoms. The first-order valence-corrected chi connectivity index (χ1v) is 8.60. The maximum Gasteiger partial charge on any atom is 0.234 e. The third kappa shape index (κ3) is 5.38. The predicted octanol–water partition coefficient (Wildman–Crippen LogP) is 3.75. The summed E-state index contributed by atoms with van der Waals surface area (Å²) in [5.41, 5.74) is 2.96. The Hall–Kier alpha value is -2.34. The SMILES string of the molecule is Cc1ccc(C)c(NC(=O)CSCC(=O)Nc2ccccc2F)c1. The first kappa shape index (κ1) is 18.0. The fourth-order valence-electron chi connectivity index (χ4n) is 2.04. The monoisotopic (exact) mass is 346 g/mol. The third-order valence-corrected chi connectivity index (χ3v) is 4.21. The Morgan fingerprint density at radius 2 is 1.58 bits per heavy atom. The van der Waals surface area contributed by atoms with E-state index in [1.165, 1.54) is 23.9 Å². The molecular weight excluding hydrogens is 327 g/mol. The highest BCUT2D eigenvalue weighted by Gasteiger charge is 2.09. The maximum atomic E-state index is 13.4. The van der Waals surface area contributed by atoms with Gasteiger partial charge in [-0.05, 0) is 43.2 Å². The van der Waals surface area contributed by atoms with Gasteiger partial charge in [-0.2, -0.15) is 0 Å². The number of nitrogens with one attached hydrogen (secondary N) is 2. The summed E-state index contributed by atoms with van der Waals surface area (Å²) in [7, 11) is 0. The van der Waals surface area contributed by atoms with Gasteiger partial charge in [-0.1, -0.05) is 24.3 Å². The molecule has 0 aliphatic heterocycles. The fourth-order valence-corrected chi connectivity index (χ4v) is 2.66. The molecule has 2 aromatic carbocycles. The van der Waals surface area contributed by atoms with Crippen LogP contribution in [0.1, 0.15) is 11.1 Å². The zero-order valence-electron chi connectivity index (χ0n) is 13.6. The Morgan fingerprint density at radius 3 is 2.25 bits per heavy atom. The van der Waals surface area contributed by atoms with Crippen LogP contribution in [0.25, 0.3) is 0 Å². The van der Waals surface area contributed by atoms with Crippen LogP contribution in [0.5, 0.6) is 0 Å². The van der Waals surface area contributed by atoms with Crippen molar-refractivity contribution < 1.29 is 14.0 Å². The van der Waals surface area contributed by atoms with Crippen LogP contribution in [0.2, 0.25) is 0 Å². The molecule has 0 saturated carbocycles. The van der Waals surface area contributed by atoms with Crippen molar-refractivity contribution in [3.63, 3.8) is 0 Å². The van der Waals surface area contributed by atoms with Gasteiger partial charge >= 0.3 is 0 Å². The molecule has 0 fully saturated rings.